The number of anilines is 2. The number of methoxy groups -OCH3 is 1. The van der Waals surface area contributed by atoms with Gasteiger partial charge in [-0.15, -0.1) is 0 Å². The molecular formula is C32H47FN6O3. The van der Waals surface area contributed by atoms with Gasteiger partial charge in [0.05, 0.1) is 12.1 Å². The predicted octanol–water partition coefficient (Wildman–Crippen LogP) is 5.15. The van der Waals surface area contributed by atoms with Gasteiger partial charge in [0.25, 0.3) is 0 Å². The van der Waals surface area contributed by atoms with Gasteiger partial charge in [-0.3, -0.25) is 4.68 Å². The lowest BCUT2D eigenvalue weighted by atomic mass is 10.1. The van der Waals surface area contributed by atoms with Crippen LogP contribution in [0, 0.1) is 0 Å². The number of unbranched alkanes of at least 4 members (excludes halogenated alkanes) is 1. The number of aromatic nitrogens is 3. The van der Waals surface area contributed by atoms with E-state index >= 15 is 0 Å². The highest BCUT2D eigenvalue weighted by Gasteiger charge is 2.27. The van der Waals surface area contributed by atoms with Crippen molar-refractivity contribution < 1.29 is 18.7 Å². The van der Waals surface area contributed by atoms with Crippen LogP contribution in [0.5, 0.6) is 0 Å². The Bertz CT molecular complexity index is 1310. The van der Waals surface area contributed by atoms with E-state index in [1.165, 1.54) is 12.7 Å². The number of benzene rings is 1. The lowest BCUT2D eigenvalue weighted by molar-refractivity contribution is -0.156. The van der Waals surface area contributed by atoms with Crippen molar-refractivity contribution >= 4 is 28.5 Å². The van der Waals surface area contributed by atoms with Crippen molar-refractivity contribution in [2.75, 3.05) is 50.5 Å². The van der Waals surface area contributed by atoms with Gasteiger partial charge in [0.1, 0.15) is 23.6 Å². The standard InChI is InChI=1S/C32H47FN6O3/c1-32(2,3)42-31(40)27(36-30-26-13-6-7-14-28(26)38(4)37-30)17-20-39(21-24(33)22-41-5)19-9-8-12-25-16-15-23-11-10-18-34-29(23)35-25/h6-7,13-16,24,27H,8-12,17-22H2,1-5H3,(H,34,35)(H,36,37). The molecule has 0 saturated heterocycles. The zero-order valence-corrected chi connectivity index (χ0v) is 25.8. The van der Waals surface area contributed by atoms with Gasteiger partial charge in [0.15, 0.2) is 5.82 Å². The molecule has 0 fully saturated rings. The summed E-state index contributed by atoms with van der Waals surface area (Å²) in [5.41, 5.74) is 2.70. The van der Waals surface area contributed by atoms with Gasteiger partial charge in [0.2, 0.25) is 0 Å². The first-order valence-electron chi connectivity index (χ1n) is 15.1. The summed E-state index contributed by atoms with van der Waals surface area (Å²) in [4.78, 5) is 20.2. The van der Waals surface area contributed by atoms with Crippen LogP contribution in [0.4, 0.5) is 16.0 Å². The van der Waals surface area contributed by atoms with Crippen molar-refractivity contribution in [3.05, 3.63) is 47.7 Å². The molecule has 0 spiro atoms. The quantitative estimate of drug-likeness (QED) is 0.188. The number of pyridine rings is 1. The summed E-state index contributed by atoms with van der Waals surface area (Å²) in [7, 11) is 3.39. The summed E-state index contributed by atoms with van der Waals surface area (Å²) in [5.74, 6) is 1.30. The Balaban J connectivity index is 1.40. The number of nitrogens with zero attached hydrogens (tertiary/aromatic N) is 4. The van der Waals surface area contributed by atoms with E-state index in [4.69, 9.17) is 14.5 Å². The molecule has 1 aromatic carbocycles. The molecule has 0 radical (unpaired) electrons. The molecular weight excluding hydrogens is 535 g/mol. The smallest absolute Gasteiger partial charge is 0.329 e. The maximum absolute atomic E-state index is 14.7. The third kappa shape index (κ3) is 9.13. The number of esters is 1. The molecule has 2 aromatic heterocycles. The summed E-state index contributed by atoms with van der Waals surface area (Å²) < 4.78 is 27.3. The minimum absolute atomic E-state index is 0.0379. The molecule has 1 aliphatic rings. The number of fused-ring (bicyclic) bond motifs is 2. The zero-order chi connectivity index (χ0) is 30.1. The second-order valence-electron chi connectivity index (χ2n) is 12.2. The van der Waals surface area contributed by atoms with Crippen LogP contribution < -0.4 is 10.6 Å². The minimum atomic E-state index is -1.11. The second kappa shape index (κ2) is 14.8. The number of hydrogen-bond acceptors (Lipinski definition) is 8. The first kappa shape index (κ1) is 31.7. The van der Waals surface area contributed by atoms with Crippen LogP contribution in [-0.4, -0.2) is 83.3 Å². The number of rotatable bonds is 15. The van der Waals surface area contributed by atoms with Gasteiger partial charge in [-0.05, 0) is 89.6 Å². The van der Waals surface area contributed by atoms with Crippen LogP contribution in [0.2, 0.25) is 0 Å². The monoisotopic (exact) mass is 582 g/mol. The fourth-order valence-corrected chi connectivity index (χ4v) is 5.38. The Morgan fingerprint density at radius 1 is 1.19 bits per heavy atom. The molecule has 0 aliphatic carbocycles. The first-order valence-corrected chi connectivity index (χ1v) is 15.1. The van der Waals surface area contributed by atoms with E-state index in [0.717, 1.165) is 61.1 Å². The molecule has 0 saturated carbocycles. The number of nitrogens with one attached hydrogen (secondary N) is 2. The van der Waals surface area contributed by atoms with Crippen LogP contribution in [0.1, 0.15) is 57.7 Å². The molecule has 0 bridgehead atoms. The van der Waals surface area contributed by atoms with Crippen LogP contribution in [0.25, 0.3) is 10.9 Å². The molecule has 9 nitrogen and oxygen atoms in total. The Labute approximate surface area is 249 Å². The summed E-state index contributed by atoms with van der Waals surface area (Å²) in [6.45, 7) is 8.05. The average molecular weight is 583 g/mol. The molecule has 2 N–H and O–H groups in total. The van der Waals surface area contributed by atoms with Gasteiger partial charge in [0, 0.05) is 44.9 Å². The lowest BCUT2D eigenvalue weighted by Gasteiger charge is -2.28. The zero-order valence-electron chi connectivity index (χ0n) is 25.8. The molecule has 1 aliphatic heterocycles. The highest BCUT2D eigenvalue weighted by atomic mass is 19.1. The number of para-hydroxylation sites is 1. The molecule has 4 rings (SSSR count). The van der Waals surface area contributed by atoms with Crippen molar-refractivity contribution in [1.29, 1.82) is 0 Å². The SMILES string of the molecule is COCC(F)CN(CCCCc1ccc2c(n1)NCCC2)CCC(Nc1nn(C)c2ccccc12)C(=O)OC(C)(C)C. The van der Waals surface area contributed by atoms with Crippen LogP contribution >= 0.6 is 0 Å². The highest BCUT2D eigenvalue weighted by molar-refractivity contribution is 5.92. The van der Waals surface area contributed by atoms with Gasteiger partial charge in [-0.2, -0.15) is 5.10 Å². The van der Waals surface area contributed by atoms with Gasteiger partial charge in [-0.1, -0.05) is 18.2 Å². The fraction of sp³-hybridized carbons (Fsp3) is 0.594. The molecule has 2 atom stereocenters. The molecule has 42 heavy (non-hydrogen) atoms. The number of halogens is 1. The maximum atomic E-state index is 14.7. The Morgan fingerprint density at radius 3 is 2.79 bits per heavy atom. The average Bonchev–Trinajstić information content (AvgIpc) is 3.27. The number of aryl methyl sites for hydroxylation is 3. The van der Waals surface area contributed by atoms with E-state index in [0.29, 0.717) is 25.3 Å². The van der Waals surface area contributed by atoms with E-state index in [-0.39, 0.29) is 19.1 Å². The Hall–Kier alpha value is -3.24. The molecule has 230 valence electrons. The van der Waals surface area contributed by atoms with Crippen molar-refractivity contribution in [2.24, 2.45) is 7.05 Å². The maximum Gasteiger partial charge on any atom is 0.329 e. The minimum Gasteiger partial charge on any atom is -0.458 e. The number of carbonyl (C=O) groups excluding carboxylic acids is 1. The van der Waals surface area contributed by atoms with E-state index in [2.05, 4.69) is 32.8 Å². The van der Waals surface area contributed by atoms with E-state index in [1.807, 2.05) is 52.1 Å². The van der Waals surface area contributed by atoms with Crippen LogP contribution in [-0.2, 0) is 34.2 Å². The number of ether oxygens (including phenoxy) is 2. The van der Waals surface area contributed by atoms with Crippen LogP contribution in [0.3, 0.4) is 0 Å². The van der Waals surface area contributed by atoms with E-state index < -0.39 is 17.8 Å². The number of hydrogen-bond donors (Lipinski definition) is 2. The Kier molecular flexibility index (Phi) is 11.2. The Morgan fingerprint density at radius 2 is 2.00 bits per heavy atom. The van der Waals surface area contributed by atoms with Crippen LogP contribution in [0.15, 0.2) is 36.4 Å². The van der Waals surface area contributed by atoms with Gasteiger partial charge >= 0.3 is 5.97 Å². The summed E-state index contributed by atoms with van der Waals surface area (Å²) in [5, 5.41) is 12.3. The second-order valence-corrected chi connectivity index (χ2v) is 12.2. The van der Waals surface area contributed by atoms with Crippen molar-refractivity contribution in [1.82, 2.24) is 19.7 Å². The number of carbonyl (C=O) groups is 1. The third-order valence-electron chi connectivity index (χ3n) is 7.41. The normalized spacial score (nSPS) is 14.8. The fourth-order valence-electron chi connectivity index (χ4n) is 5.38. The molecule has 3 aromatic rings. The number of alkyl halides is 1. The molecule has 2 unspecified atom stereocenters. The van der Waals surface area contributed by atoms with Gasteiger partial charge < -0.3 is 25.0 Å². The highest BCUT2D eigenvalue weighted by Crippen LogP contribution is 2.24. The van der Waals surface area contributed by atoms with E-state index in [9.17, 15) is 9.18 Å². The predicted molar refractivity (Wildman–Crippen MR) is 166 cm³/mol. The van der Waals surface area contributed by atoms with Crippen molar-refractivity contribution in [2.45, 2.75) is 77.1 Å². The van der Waals surface area contributed by atoms with E-state index in [1.54, 1.807) is 4.68 Å². The summed E-state index contributed by atoms with van der Waals surface area (Å²) in [6.07, 6.45) is 4.25. The largest absolute Gasteiger partial charge is 0.458 e. The lowest BCUT2D eigenvalue weighted by Crippen LogP contribution is -2.41. The van der Waals surface area contributed by atoms with Crippen molar-refractivity contribution in [3.8, 4) is 0 Å². The topological polar surface area (TPSA) is 93.5 Å². The summed E-state index contributed by atoms with van der Waals surface area (Å²) >= 11 is 0. The van der Waals surface area contributed by atoms with Gasteiger partial charge in [-0.25, -0.2) is 14.2 Å². The molecule has 0 amide bonds. The molecule has 10 heteroatoms. The molecule has 3 heterocycles. The summed E-state index contributed by atoms with van der Waals surface area (Å²) in [6, 6.07) is 11.6. The first-order chi connectivity index (χ1) is 20.1. The van der Waals surface area contributed by atoms with Crippen molar-refractivity contribution in [3.63, 3.8) is 0 Å². The third-order valence-corrected chi connectivity index (χ3v) is 7.41.